The van der Waals surface area contributed by atoms with E-state index in [4.69, 9.17) is 11.6 Å². The molecule has 2 aliphatic rings. The predicted octanol–water partition coefficient (Wildman–Crippen LogP) is 2.81. The van der Waals surface area contributed by atoms with Crippen molar-refractivity contribution >= 4 is 28.9 Å². The Morgan fingerprint density at radius 2 is 1.72 bits per heavy atom. The third kappa shape index (κ3) is 3.38. The number of rotatable bonds is 3. The summed E-state index contributed by atoms with van der Waals surface area (Å²) in [6, 6.07) is 15.6. The minimum Gasteiger partial charge on any atom is -0.320 e. The number of benzene rings is 2. The smallest absolute Gasteiger partial charge is 0.276 e. The number of amides is 1. The first-order chi connectivity index (χ1) is 12.2. The number of nitrogens with one attached hydrogen (secondary N) is 1. The second-order valence-electron chi connectivity index (χ2n) is 6.27. The summed E-state index contributed by atoms with van der Waals surface area (Å²) < 4.78 is 0. The second kappa shape index (κ2) is 6.86. The Bertz CT molecular complexity index is 828. The van der Waals surface area contributed by atoms with Gasteiger partial charge < -0.3 is 5.32 Å². The minimum absolute atomic E-state index is 0.125. The van der Waals surface area contributed by atoms with Gasteiger partial charge in [-0.05, 0) is 17.7 Å². The number of hydrogen-bond donors (Lipinski definition) is 1. The van der Waals surface area contributed by atoms with Crippen molar-refractivity contribution in [3.8, 4) is 0 Å². The molecule has 0 unspecified atom stereocenters. The third-order valence-corrected chi connectivity index (χ3v) is 4.96. The minimum atomic E-state index is -0.125. The van der Waals surface area contributed by atoms with E-state index >= 15 is 0 Å². The second-order valence-corrected chi connectivity index (χ2v) is 6.68. The van der Waals surface area contributed by atoms with Crippen molar-refractivity contribution in [1.29, 1.82) is 0 Å². The molecular formula is C19H19ClN4O. The van der Waals surface area contributed by atoms with Crippen molar-refractivity contribution in [1.82, 2.24) is 9.91 Å². The molecule has 1 N–H and O–H groups in total. The number of piperazine rings is 1. The van der Waals surface area contributed by atoms with E-state index in [0.29, 0.717) is 5.71 Å². The zero-order valence-corrected chi connectivity index (χ0v) is 14.5. The average molecular weight is 355 g/mol. The molecule has 128 valence electrons. The van der Waals surface area contributed by atoms with Crippen LogP contribution in [0.25, 0.3) is 0 Å². The van der Waals surface area contributed by atoms with Gasteiger partial charge in [0, 0.05) is 43.3 Å². The maximum absolute atomic E-state index is 12.2. The number of hydrogen-bond acceptors (Lipinski definition) is 4. The summed E-state index contributed by atoms with van der Waals surface area (Å²) in [5.74, 6) is -0.125. The zero-order chi connectivity index (χ0) is 17.2. The van der Waals surface area contributed by atoms with Crippen molar-refractivity contribution in [3.05, 3.63) is 64.7 Å². The molecule has 0 atom stereocenters. The van der Waals surface area contributed by atoms with Gasteiger partial charge in [-0.25, -0.2) is 0 Å². The number of para-hydroxylation sites is 1. The highest BCUT2D eigenvalue weighted by atomic mass is 35.5. The van der Waals surface area contributed by atoms with E-state index < -0.39 is 0 Å². The molecule has 0 radical (unpaired) electrons. The lowest BCUT2D eigenvalue weighted by atomic mass is 10.1. The Labute approximate surface area is 151 Å². The van der Waals surface area contributed by atoms with Crippen LogP contribution in [0.4, 0.5) is 5.69 Å². The molecule has 2 aromatic carbocycles. The molecule has 25 heavy (non-hydrogen) atoms. The summed E-state index contributed by atoms with van der Waals surface area (Å²) in [5.41, 5.74) is 3.37. The van der Waals surface area contributed by atoms with Crippen LogP contribution in [0.5, 0.6) is 0 Å². The third-order valence-electron chi connectivity index (χ3n) is 4.59. The van der Waals surface area contributed by atoms with Gasteiger partial charge in [-0.3, -0.25) is 14.7 Å². The number of anilines is 1. The quantitative estimate of drug-likeness (QED) is 0.922. The number of halogens is 1. The van der Waals surface area contributed by atoms with Crippen molar-refractivity contribution < 1.29 is 4.79 Å². The fourth-order valence-corrected chi connectivity index (χ4v) is 3.40. The van der Waals surface area contributed by atoms with Gasteiger partial charge in [-0.15, -0.1) is 0 Å². The van der Waals surface area contributed by atoms with Gasteiger partial charge in [0.05, 0.1) is 5.69 Å². The predicted molar refractivity (Wildman–Crippen MR) is 99.9 cm³/mol. The lowest BCUT2D eigenvalue weighted by Crippen LogP contribution is -2.44. The zero-order valence-electron chi connectivity index (χ0n) is 13.8. The monoisotopic (exact) mass is 354 g/mol. The van der Waals surface area contributed by atoms with Crippen molar-refractivity contribution in [3.63, 3.8) is 0 Å². The fourth-order valence-electron chi connectivity index (χ4n) is 3.21. The molecular weight excluding hydrogens is 336 g/mol. The van der Waals surface area contributed by atoms with E-state index in [1.807, 2.05) is 47.5 Å². The Hall–Kier alpha value is -2.37. The first-order valence-corrected chi connectivity index (χ1v) is 8.78. The van der Waals surface area contributed by atoms with Gasteiger partial charge >= 0.3 is 0 Å². The van der Waals surface area contributed by atoms with E-state index in [-0.39, 0.29) is 5.91 Å². The molecule has 2 heterocycles. The van der Waals surface area contributed by atoms with Crippen LogP contribution in [-0.4, -0.2) is 47.7 Å². The molecule has 6 heteroatoms. The average Bonchev–Trinajstić information content (AvgIpc) is 2.94. The van der Waals surface area contributed by atoms with Crippen molar-refractivity contribution in [2.24, 2.45) is 5.10 Å². The van der Waals surface area contributed by atoms with Gasteiger partial charge in [0.15, 0.2) is 5.71 Å². The highest BCUT2D eigenvalue weighted by Crippen LogP contribution is 2.23. The number of fused-ring (bicyclic) bond motifs is 1. The van der Waals surface area contributed by atoms with Crippen LogP contribution in [0, 0.1) is 0 Å². The molecule has 2 aliphatic heterocycles. The van der Waals surface area contributed by atoms with Crippen LogP contribution >= 0.6 is 11.6 Å². The van der Waals surface area contributed by atoms with Crippen LogP contribution in [0.15, 0.2) is 53.6 Å². The normalized spacial score (nSPS) is 19.2. The summed E-state index contributed by atoms with van der Waals surface area (Å²) in [6.07, 6.45) is 0. The summed E-state index contributed by atoms with van der Waals surface area (Å²) in [6.45, 7) is 4.22. The molecule has 1 fully saturated rings. The summed E-state index contributed by atoms with van der Waals surface area (Å²) >= 11 is 6.25. The van der Waals surface area contributed by atoms with Crippen LogP contribution in [0.1, 0.15) is 11.1 Å². The molecule has 5 nitrogen and oxygen atoms in total. The fraction of sp³-hybridized carbons (Fsp3) is 0.263. The number of nitrogens with zero attached hydrogens (tertiary/aromatic N) is 3. The lowest BCUT2D eigenvalue weighted by molar-refractivity contribution is -0.110. The molecule has 0 spiro atoms. The highest BCUT2D eigenvalue weighted by molar-refractivity contribution is 6.53. The van der Waals surface area contributed by atoms with Crippen molar-refractivity contribution in [2.75, 3.05) is 31.5 Å². The summed E-state index contributed by atoms with van der Waals surface area (Å²) in [5, 5.41) is 10.3. The topological polar surface area (TPSA) is 47.9 Å². The lowest BCUT2D eigenvalue weighted by Gasteiger charge is -2.33. The molecule has 0 aliphatic carbocycles. The van der Waals surface area contributed by atoms with Crippen LogP contribution in [0.3, 0.4) is 0 Å². The SMILES string of the molecule is O=C1Nc2ccccc2C1=NN1CCN(Cc2ccccc2Cl)CC1. The number of hydrazone groups is 1. The Kier molecular flexibility index (Phi) is 4.42. The molecule has 2 aromatic rings. The summed E-state index contributed by atoms with van der Waals surface area (Å²) in [7, 11) is 0. The Balaban J connectivity index is 1.41. The van der Waals surface area contributed by atoms with Crippen LogP contribution in [-0.2, 0) is 11.3 Å². The number of carbonyl (C=O) groups excluding carboxylic acids is 1. The molecule has 4 rings (SSSR count). The molecule has 0 aromatic heterocycles. The van der Waals surface area contributed by atoms with E-state index in [0.717, 1.165) is 54.6 Å². The highest BCUT2D eigenvalue weighted by Gasteiger charge is 2.27. The standard InChI is InChI=1S/C19H19ClN4O/c20-16-7-3-1-5-14(16)13-23-9-11-24(12-10-23)22-18-15-6-2-4-8-17(15)21-19(18)25/h1-8H,9-13H2,(H,21,22,25). The van der Waals surface area contributed by atoms with Crippen molar-refractivity contribution in [2.45, 2.75) is 6.54 Å². The summed E-state index contributed by atoms with van der Waals surface area (Å²) in [4.78, 5) is 14.5. The van der Waals surface area contributed by atoms with Gasteiger partial charge in [0.2, 0.25) is 0 Å². The van der Waals surface area contributed by atoms with E-state index in [9.17, 15) is 4.79 Å². The molecule has 1 amide bonds. The van der Waals surface area contributed by atoms with E-state index in [1.165, 1.54) is 0 Å². The van der Waals surface area contributed by atoms with Gasteiger partial charge in [0.25, 0.3) is 5.91 Å². The first-order valence-electron chi connectivity index (χ1n) is 8.41. The van der Waals surface area contributed by atoms with Gasteiger partial charge in [-0.1, -0.05) is 48.0 Å². The van der Waals surface area contributed by atoms with Crippen LogP contribution in [0.2, 0.25) is 5.02 Å². The molecule has 1 saturated heterocycles. The van der Waals surface area contributed by atoms with Gasteiger partial charge in [0.1, 0.15) is 0 Å². The Morgan fingerprint density at radius 3 is 2.52 bits per heavy atom. The molecule has 0 bridgehead atoms. The van der Waals surface area contributed by atoms with E-state index in [2.05, 4.69) is 21.4 Å². The number of carbonyl (C=O) groups is 1. The van der Waals surface area contributed by atoms with E-state index in [1.54, 1.807) is 0 Å². The maximum atomic E-state index is 12.2. The Morgan fingerprint density at radius 1 is 1.00 bits per heavy atom. The largest absolute Gasteiger partial charge is 0.320 e. The van der Waals surface area contributed by atoms with Gasteiger partial charge in [-0.2, -0.15) is 5.10 Å². The molecule has 0 saturated carbocycles. The maximum Gasteiger partial charge on any atom is 0.276 e. The first kappa shape index (κ1) is 16.1. The van der Waals surface area contributed by atoms with Crippen LogP contribution < -0.4 is 5.32 Å².